The maximum atomic E-state index is 5.96. The molecule has 218 valence electrons. The van der Waals surface area contributed by atoms with Crippen molar-refractivity contribution < 1.29 is 18.9 Å². The minimum Gasteiger partial charge on any atom is -0.353 e. The van der Waals surface area contributed by atoms with Crippen LogP contribution in [0.5, 0.6) is 0 Å². The van der Waals surface area contributed by atoms with Crippen molar-refractivity contribution in [1.29, 1.82) is 0 Å². The first kappa shape index (κ1) is 30.7. The monoisotopic (exact) mass is 702 g/mol. The van der Waals surface area contributed by atoms with Crippen molar-refractivity contribution in [1.82, 2.24) is 0 Å². The summed E-state index contributed by atoms with van der Waals surface area (Å²) in [6.07, 6.45) is 19.2. The van der Waals surface area contributed by atoms with Gasteiger partial charge in [0.1, 0.15) is 0 Å². The summed E-state index contributed by atoms with van der Waals surface area (Å²) < 4.78 is 25.9. The van der Waals surface area contributed by atoms with Gasteiger partial charge in [-0.2, -0.15) is 0 Å². The Balaban J connectivity index is 1.11. The second kappa shape index (κ2) is 15.6. The van der Waals surface area contributed by atoms with Crippen LogP contribution in [-0.2, 0) is 24.4 Å². The summed E-state index contributed by atoms with van der Waals surface area (Å²) >= 11 is 11.5. The van der Waals surface area contributed by atoms with Crippen LogP contribution in [0, 0.1) is 0 Å². The van der Waals surface area contributed by atoms with Gasteiger partial charge in [0, 0.05) is 41.6 Å². The number of rotatable bonds is 16. The molecule has 39 heavy (non-hydrogen) atoms. The summed E-state index contributed by atoms with van der Waals surface area (Å²) in [5.41, 5.74) is 3.29. The van der Waals surface area contributed by atoms with Crippen LogP contribution >= 0.6 is 54.5 Å². The van der Waals surface area contributed by atoms with E-state index in [0.717, 1.165) is 52.1 Å². The van der Waals surface area contributed by atoms with Crippen LogP contribution in [-0.4, -0.2) is 39.0 Å². The summed E-state index contributed by atoms with van der Waals surface area (Å²) in [5, 5.41) is 0. The predicted octanol–water partition coefficient (Wildman–Crippen LogP) is 10.6. The molecule has 4 nitrogen and oxygen atoms in total. The number of fused-ring (bicyclic) bond motifs is 3. The normalized spacial score (nSPS) is 22.2. The van der Waals surface area contributed by atoms with Gasteiger partial charge in [-0.15, -0.1) is 22.7 Å². The van der Waals surface area contributed by atoms with E-state index in [-0.39, 0.29) is 18.0 Å². The standard InChI is InChI=1S/C31H44Br2O4S2/c32-25-21-23-29(38-25)30-24(22-26(33)39-30)31(23,15-7-1-3-9-17-34-27-13-5-11-19-36-27)16-8-2-4-10-18-35-28-14-6-12-20-37-28/h21-22,27-28H,1-20H2. The zero-order chi connectivity index (χ0) is 26.9. The van der Waals surface area contributed by atoms with Crippen LogP contribution < -0.4 is 0 Å². The molecule has 0 saturated carbocycles. The Morgan fingerprint density at radius 1 is 0.667 bits per heavy atom. The first-order chi connectivity index (χ1) is 19.2. The molecule has 0 N–H and O–H groups in total. The Morgan fingerprint density at radius 2 is 1.13 bits per heavy atom. The van der Waals surface area contributed by atoms with E-state index in [0.29, 0.717) is 0 Å². The molecule has 0 spiro atoms. The number of halogens is 2. The third-order valence-electron chi connectivity index (χ3n) is 8.52. The van der Waals surface area contributed by atoms with Crippen molar-refractivity contribution in [2.45, 2.75) is 121 Å². The molecule has 0 amide bonds. The van der Waals surface area contributed by atoms with E-state index < -0.39 is 0 Å². The molecule has 3 aliphatic rings. The first-order valence-corrected chi connectivity index (χ1v) is 18.4. The van der Waals surface area contributed by atoms with Crippen molar-refractivity contribution in [3.63, 3.8) is 0 Å². The zero-order valence-electron chi connectivity index (χ0n) is 23.2. The molecule has 2 aromatic heterocycles. The lowest BCUT2D eigenvalue weighted by molar-refractivity contribution is -0.163. The van der Waals surface area contributed by atoms with Crippen molar-refractivity contribution in [3.8, 4) is 9.75 Å². The molecular formula is C31H44Br2O4S2. The molecule has 2 fully saturated rings. The molecule has 2 atom stereocenters. The zero-order valence-corrected chi connectivity index (χ0v) is 28.0. The fourth-order valence-corrected chi connectivity index (χ4v) is 10.0. The van der Waals surface area contributed by atoms with Crippen molar-refractivity contribution in [2.75, 3.05) is 26.4 Å². The van der Waals surface area contributed by atoms with E-state index in [1.807, 2.05) is 22.7 Å². The minimum atomic E-state index is 0.0404. The van der Waals surface area contributed by atoms with Gasteiger partial charge < -0.3 is 18.9 Å². The number of hydrogen-bond acceptors (Lipinski definition) is 6. The lowest BCUT2D eigenvalue weighted by atomic mass is 9.71. The van der Waals surface area contributed by atoms with E-state index in [4.69, 9.17) is 18.9 Å². The summed E-state index contributed by atoms with van der Waals surface area (Å²) in [5.74, 6) is 0. The molecule has 2 unspecified atom stereocenters. The number of unbranched alkanes of at least 4 members (excludes halogenated alkanes) is 6. The molecule has 2 aliphatic heterocycles. The lowest BCUT2D eigenvalue weighted by Crippen LogP contribution is -2.25. The highest BCUT2D eigenvalue weighted by Crippen LogP contribution is 2.60. The molecule has 0 bridgehead atoms. The van der Waals surface area contributed by atoms with Gasteiger partial charge in [-0.1, -0.05) is 38.5 Å². The van der Waals surface area contributed by atoms with Crippen LogP contribution in [0.4, 0.5) is 0 Å². The molecule has 1 aliphatic carbocycles. The third-order valence-corrected chi connectivity index (χ3v) is 12.0. The highest BCUT2D eigenvalue weighted by atomic mass is 79.9. The number of ether oxygens (including phenoxy) is 4. The Labute approximate surface area is 259 Å². The van der Waals surface area contributed by atoms with Crippen LogP contribution in [0.1, 0.15) is 114 Å². The van der Waals surface area contributed by atoms with Crippen LogP contribution in [0.3, 0.4) is 0 Å². The SMILES string of the molecule is Brc1cc2c(s1)-c1sc(Br)cc1C2(CCCCCCOC1CCCCO1)CCCCCCOC1CCCCO1. The smallest absolute Gasteiger partial charge is 0.157 e. The number of thiophene rings is 2. The second-order valence-electron chi connectivity index (χ2n) is 11.3. The molecule has 0 aromatic carbocycles. The van der Waals surface area contributed by atoms with Crippen molar-refractivity contribution in [2.24, 2.45) is 0 Å². The van der Waals surface area contributed by atoms with E-state index in [2.05, 4.69) is 44.0 Å². The molecule has 2 aromatic rings. The van der Waals surface area contributed by atoms with E-state index >= 15 is 0 Å². The van der Waals surface area contributed by atoms with E-state index in [9.17, 15) is 0 Å². The highest BCUT2D eigenvalue weighted by Gasteiger charge is 2.45. The van der Waals surface area contributed by atoms with Gasteiger partial charge in [0.05, 0.1) is 7.57 Å². The Hall–Kier alpha value is 0.200. The summed E-state index contributed by atoms with van der Waals surface area (Å²) in [6, 6.07) is 4.85. The van der Waals surface area contributed by atoms with E-state index in [1.165, 1.54) is 94.4 Å². The fourth-order valence-electron chi connectivity index (χ4n) is 6.46. The first-order valence-electron chi connectivity index (χ1n) is 15.2. The second-order valence-corrected chi connectivity index (χ2v) is 16.2. The Bertz CT molecular complexity index is 930. The lowest BCUT2D eigenvalue weighted by Gasteiger charge is -2.31. The van der Waals surface area contributed by atoms with Crippen molar-refractivity contribution >= 4 is 54.5 Å². The summed E-state index contributed by atoms with van der Waals surface area (Å²) in [4.78, 5) is 2.99. The third kappa shape index (κ3) is 8.19. The quantitative estimate of drug-likeness (QED) is 0.163. The van der Waals surface area contributed by atoms with Gasteiger partial charge in [-0.05, 0) is 119 Å². The summed E-state index contributed by atoms with van der Waals surface area (Å²) in [6.45, 7) is 3.37. The average molecular weight is 705 g/mol. The largest absolute Gasteiger partial charge is 0.353 e. The van der Waals surface area contributed by atoms with Gasteiger partial charge in [-0.3, -0.25) is 0 Å². The summed E-state index contributed by atoms with van der Waals surface area (Å²) in [7, 11) is 0. The average Bonchev–Trinajstić information content (AvgIpc) is 3.59. The van der Waals surface area contributed by atoms with Gasteiger partial charge in [-0.25, -0.2) is 0 Å². The van der Waals surface area contributed by atoms with Crippen LogP contribution in [0.25, 0.3) is 9.75 Å². The number of hydrogen-bond donors (Lipinski definition) is 0. The van der Waals surface area contributed by atoms with Gasteiger partial charge >= 0.3 is 0 Å². The van der Waals surface area contributed by atoms with E-state index in [1.54, 1.807) is 11.1 Å². The van der Waals surface area contributed by atoms with Gasteiger partial charge in [0.25, 0.3) is 0 Å². The molecule has 0 radical (unpaired) electrons. The van der Waals surface area contributed by atoms with Gasteiger partial charge in [0.2, 0.25) is 0 Å². The predicted molar refractivity (Wildman–Crippen MR) is 169 cm³/mol. The highest BCUT2D eigenvalue weighted by molar-refractivity contribution is 9.11. The maximum Gasteiger partial charge on any atom is 0.157 e. The molecule has 2 saturated heterocycles. The molecular weight excluding hydrogens is 660 g/mol. The minimum absolute atomic E-state index is 0.0404. The molecule has 5 rings (SSSR count). The van der Waals surface area contributed by atoms with Crippen LogP contribution in [0.15, 0.2) is 19.7 Å². The molecule has 4 heterocycles. The Morgan fingerprint density at radius 3 is 1.56 bits per heavy atom. The van der Waals surface area contributed by atoms with Crippen LogP contribution in [0.2, 0.25) is 0 Å². The molecule has 8 heteroatoms. The van der Waals surface area contributed by atoms with Gasteiger partial charge in [0.15, 0.2) is 12.6 Å². The maximum absolute atomic E-state index is 5.96. The Kier molecular flexibility index (Phi) is 12.3. The topological polar surface area (TPSA) is 36.9 Å². The van der Waals surface area contributed by atoms with Crippen molar-refractivity contribution in [3.05, 3.63) is 30.8 Å². The fraction of sp³-hybridized carbons (Fsp3) is 0.742.